The number of hydrogen-bond acceptors (Lipinski definition) is 6. The third-order valence-corrected chi connectivity index (χ3v) is 5.92. The fraction of sp³-hybridized carbons (Fsp3) is 0.400. The Labute approximate surface area is 156 Å². The average molecular weight is 369 g/mol. The molecule has 3 aliphatic rings. The van der Waals surface area contributed by atoms with E-state index >= 15 is 0 Å². The highest BCUT2D eigenvalue weighted by atomic mass is 19.1. The van der Waals surface area contributed by atoms with Gasteiger partial charge in [0, 0.05) is 23.7 Å². The van der Waals surface area contributed by atoms with Crippen molar-refractivity contribution in [1.29, 1.82) is 0 Å². The van der Waals surface area contributed by atoms with Gasteiger partial charge >= 0.3 is 0 Å². The van der Waals surface area contributed by atoms with Gasteiger partial charge in [0.2, 0.25) is 0 Å². The molecule has 6 nitrogen and oxygen atoms in total. The Morgan fingerprint density at radius 1 is 1.22 bits per heavy atom. The Morgan fingerprint density at radius 2 is 2.11 bits per heavy atom. The summed E-state index contributed by atoms with van der Waals surface area (Å²) in [4.78, 5) is 8.68. The number of fused-ring (bicyclic) bond motifs is 4. The lowest BCUT2D eigenvalue weighted by molar-refractivity contribution is -0.129. The molecule has 3 atom stereocenters. The summed E-state index contributed by atoms with van der Waals surface area (Å²) in [6, 6.07) is 7.44. The van der Waals surface area contributed by atoms with Crippen molar-refractivity contribution in [2.24, 2.45) is 16.6 Å². The van der Waals surface area contributed by atoms with Gasteiger partial charge in [-0.05, 0) is 30.7 Å². The minimum atomic E-state index is -0.677. The van der Waals surface area contributed by atoms with Gasteiger partial charge in [0.15, 0.2) is 0 Å². The Balaban J connectivity index is 1.70. The number of nitrogens with zero attached hydrogens (tertiary/aromatic N) is 2. The molecule has 2 aromatic rings. The lowest BCUT2D eigenvalue weighted by Crippen LogP contribution is -2.59. The summed E-state index contributed by atoms with van der Waals surface area (Å²) in [6.07, 6.45) is 3.59. The zero-order valence-corrected chi connectivity index (χ0v) is 14.9. The highest BCUT2D eigenvalue weighted by Gasteiger charge is 2.59. The summed E-state index contributed by atoms with van der Waals surface area (Å²) in [5.74, 6) is 0.343. The van der Waals surface area contributed by atoms with Crippen LogP contribution in [0.15, 0.2) is 41.7 Å². The number of halogens is 1. The lowest BCUT2D eigenvalue weighted by atomic mass is 9.66. The number of pyridine rings is 1. The van der Waals surface area contributed by atoms with Gasteiger partial charge in [-0.2, -0.15) is 0 Å². The molecule has 0 bridgehead atoms. The van der Waals surface area contributed by atoms with Gasteiger partial charge in [0.05, 0.1) is 25.3 Å². The number of aliphatic imine (C=N–C) groups is 1. The predicted molar refractivity (Wildman–Crippen MR) is 96.8 cm³/mol. The minimum Gasteiger partial charge on any atom is -0.487 e. The number of hydrogen-bond donors (Lipinski definition) is 1. The van der Waals surface area contributed by atoms with E-state index < -0.39 is 11.1 Å². The molecular formula is C20H20FN3O3. The molecule has 0 aliphatic carbocycles. The Morgan fingerprint density at radius 3 is 2.89 bits per heavy atom. The fourth-order valence-electron chi connectivity index (χ4n) is 4.50. The number of ether oxygens (including phenoxy) is 3. The number of benzene rings is 1. The van der Waals surface area contributed by atoms with Gasteiger partial charge in [-0.3, -0.25) is 4.98 Å². The van der Waals surface area contributed by atoms with Gasteiger partial charge < -0.3 is 19.9 Å². The minimum absolute atomic E-state index is 0.0341. The molecule has 1 aromatic heterocycles. The maximum atomic E-state index is 13.6. The first-order valence-electron chi connectivity index (χ1n) is 9.01. The zero-order valence-electron chi connectivity index (χ0n) is 14.9. The first-order valence-corrected chi connectivity index (χ1v) is 9.01. The third kappa shape index (κ3) is 2.41. The molecule has 3 aliphatic heterocycles. The molecule has 1 saturated heterocycles. The van der Waals surface area contributed by atoms with Crippen molar-refractivity contribution < 1.29 is 18.6 Å². The van der Waals surface area contributed by atoms with Crippen LogP contribution in [0.1, 0.15) is 18.9 Å². The average Bonchev–Trinajstić information content (AvgIpc) is 3.04. The summed E-state index contributed by atoms with van der Waals surface area (Å²) in [7, 11) is 0. The van der Waals surface area contributed by atoms with Crippen LogP contribution in [0.2, 0.25) is 0 Å². The van der Waals surface area contributed by atoms with Crippen molar-refractivity contribution in [1.82, 2.24) is 4.98 Å². The molecule has 2 N–H and O–H groups in total. The fourth-order valence-corrected chi connectivity index (χ4v) is 4.50. The molecule has 4 heterocycles. The molecule has 1 fully saturated rings. The van der Waals surface area contributed by atoms with Crippen molar-refractivity contribution in [3.8, 4) is 16.9 Å². The second-order valence-corrected chi connectivity index (χ2v) is 7.56. The Kier molecular flexibility index (Phi) is 3.46. The van der Waals surface area contributed by atoms with Crippen molar-refractivity contribution in [2.45, 2.75) is 24.5 Å². The number of nitrogens with two attached hydrogens (primary N) is 1. The summed E-state index contributed by atoms with van der Waals surface area (Å²) in [5.41, 5.74) is 7.25. The van der Waals surface area contributed by atoms with Crippen LogP contribution in [0.4, 0.5) is 4.39 Å². The molecule has 0 saturated carbocycles. The molecule has 27 heavy (non-hydrogen) atoms. The molecule has 0 radical (unpaired) electrons. The monoisotopic (exact) mass is 369 g/mol. The summed E-state index contributed by atoms with van der Waals surface area (Å²) in [5, 5.41) is 0. The summed E-state index contributed by atoms with van der Waals surface area (Å²) in [6.45, 7) is 3.59. The molecule has 1 unspecified atom stereocenters. The van der Waals surface area contributed by atoms with Crippen LogP contribution >= 0.6 is 0 Å². The second kappa shape index (κ2) is 5.66. The van der Waals surface area contributed by atoms with E-state index in [-0.39, 0.29) is 17.8 Å². The Hall–Kier alpha value is -2.67. The van der Waals surface area contributed by atoms with Gasteiger partial charge in [0.25, 0.3) is 6.02 Å². The van der Waals surface area contributed by atoms with E-state index in [2.05, 4.69) is 11.9 Å². The van der Waals surface area contributed by atoms with Crippen LogP contribution in [-0.4, -0.2) is 36.4 Å². The predicted octanol–water partition coefficient (Wildman–Crippen LogP) is 2.62. The molecule has 140 valence electrons. The maximum absolute atomic E-state index is 13.6. The number of rotatable bonds is 1. The van der Waals surface area contributed by atoms with Crippen molar-refractivity contribution >= 4 is 6.02 Å². The van der Waals surface area contributed by atoms with Gasteiger partial charge in [0.1, 0.15) is 29.3 Å². The SMILES string of the molecule is C[C@@]12CCOC[C@H]1C1(COC(N)=N1)c1cc(-c3cncc(F)c3)ccc1O2. The zero-order chi connectivity index (χ0) is 18.6. The van der Waals surface area contributed by atoms with Crippen molar-refractivity contribution in [3.63, 3.8) is 0 Å². The van der Waals surface area contributed by atoms with Crippen molar-refractivity contribution in [2.75, 3.05) is 19.8 Å². The molecular weight excluding hydrogens is 349 g/mol. The van der Waals surface area contributed by atoms with E-state index in [0.29, 0.717) is 25.4 Å². The standard InChI is InChI=1S/C20H20FN3O3/c1-19-4-5-25-10-17(19)20(11-26-18(22)24-20)15-7-12(2-3-16(15)27-19)13-6-14(21)9-23-8-13/h2-3,6-9,17H,4-5,10-11H2,1H3,(H2,22,24)/t17-,19-,20?/m1/s1. The van der Waals surface area contributed by atoms with Crippen LogP contribution in [0.5, 0.6) is 5.75 Å². The quantitative estimate of drug-likeness (QED) is 0.836. The highest BCUT2D eigenvalue weighted by Crippen LogP contribution is 2.54. The van der Waals surface area contributed by atoms with E-state index in [1.54, 1.807) is 6.20 Å². The lowest BCUT2D eigenvalue weighted by Gasteiger charge is -2.52. The van der Waals surface area contributed by atoms with Crippen LogP contribution < -0.4 is 10.5 Å². The number of amidine groups is 1. The van der Waals surface area contributed by atoms with Crippen LogP contribution in [0.25, 0.3) is 11.1 Å². The largest absolute Gasteiger partial charge is 0.487 e. The third-order valence-electron chi connectivity index (χ3n) is 5.92. The van der Waals surface area contributed by atoms with Crippen LogP contribution in [0, 0.1) is 11.7 Å². The van der Waals surface area contributed by atoms with E-state index in [4.69, 9.17) is 24.9 Å². The first-order chi connectivity index (χ1) is 13.0. The molecule has 0 amide bonds. The Bertz CT molecular complexity index is 950. The second-order valence-electron chi connectivity index (χ2n) is 7.56. The van der Waals surface area contributed by atoms with Crippen LogP contribution in [-0.2, 0) is 15.0 Å². The normalized spacial score (nSPS) is 31.5. The van der Waals surface area contributed by atoms with E-state index in [9.17, 15) is 4.39 Å². The van der Waals surface area contributed by atoms with Gasteiger partial charge in [-0.15, -0.1) is 0 Å². The molecule has 1 aromatic carbocycles. The molecule has 1 spiro atoms. The van der Waals surface area contributed by atoms with Gasteiger partial charge in [-0.1, -0.05) is 6.07 Å². The summed E-state index contributed by atoms with van der Waals surface area (Å²) >= 11 is 0. The number of aromatic nitrogens is 1. The summed E-state index contributed by atoms with van der Waals surface area (Å²) < 4.78 is 31.4. The van der Waals surface area contributed by atoms with Crippen molar-refractivity contribution in [3.05, 3.63) is 48.0 Å². The van der Waals surface area contributed by atoms with E-state index in [1.807, 2.05) is 18.2 Å². The highest BCUT2D eigenvalue weighted by molar-refractivity contribution is 5.75. The van der Waals surface area contributed by atoms with E-state index in [1.165, 1.54) is 12.3 Å². The molecule has 5 rings (SSSR count). The topological polar surface area (TPSA) is 79.0 Å². The van der Waals surface area contributed by atoms with E-state index in [0.717, 1.165) is 23.3 Å². The smallest absolute Gasteiger partial charge is 0.283 e. The maximum Gasteiger partial charge on any atom is 0.283 e. The van der Waals surface area contributed by atoms with Crippen LogP contribution in [0.3, 0.4) is 0 Å². The van der Waals surface area contributed by atoms with Gasteiger partial charge in [-0.25, -0.2) is 9.38 Å². The molecule has 7 heteroatoms. The first kappa shape index (κ1) is 16.5.